The van der Waals surface area contributed by atoms with E-state index in [1.165, 1.54) is 7.11 Å². The lowest BCUT2D eigenvalue weighted by atomic mass is 9.86. The van der Waals surface area contributed by atoms with Crippen molar-refractivity contribution in [2.45, 2.75) is 45.1 Å². The van der Waals surface area contributed by atoms with Gasteiger partial charge in [0, 0.05) is 11.9 Å². The standard InChI is InChI=1S/C16H21NO4/c1-11-7-8-12(10-17-11)9-15(18)21-14-6-4-3-5-13(14)16(19)20-2/h7-8,10,13-14H,3-6,9H2,1-2H3/t13-,14-/m1/s1. The summed E-state index contributed by atoms with van der Waals surface area (Å²) in [5, 5.41) is 0. The molecule has 1 aliphatic carbocycles. The summed E-state index contributed by atoms with van der Waals surface area (Å²) in [6.07, 6.45) is 4.87. The number of carbonyl (C=O) groups is 2. The van der Waals surface area contributed by atoms with E-state index in [1.54, 1.807) is 6.20 Å². The summed E-state index contributed by atoms with van der Waals surface area (Å²) in [5.41, 5.74) is 1.72. The molecule has 1 aliphatic rings. The van der Waals surface area contributed by atoms with Crippen LogP contribution < -0.4 is 0 Å². The molecule has 5 heteroatoms. The zero-order valence-corrected chi connectivity index (χ0v) is 12.5. The summed E-state index contributed by atoms with van der Waals surface area (Å²) in [7, 11) is 1.37. The summed E-state index contributed by atoms with van der Waals surface area (Å²) in [4.78, 5) is 27.9. The average Bonchev–Trinajstić information content (AvgIpc) is 2.49. The van der Waals surface area contributed by atoms with E-state index >= 15 is 0 Å². The number of hydrogen-bond acceptors (Lipinski definition) is 5. The van der Waals surface area contributed by atoms with E-state index in [0.717, 1.165) is 36.9 Å². The van der Waals surface area contributed by atoms with Crippen LogP contribution in [0.4, 0.5) is 0 Å². The molecule has 2 atom stereocenters. The van der Waals surface area contributed by atoms with Crippen LogP contribution in [0.3, 0.4) is 0 Å². The van der Waals surface area contributed by atoms with Gasteiger partial charge in [0.05, 0.1) is 19.4 Å². The molecule has 1 fully saturated rings. The van der Waals surface area contributed by atoms with Crippen LogP contribution in [-0.4, -0.2) is 30.1 Å². The molecule has 0 saturated heterocycles. The molecule has 0 radical (unpaired) electrons. The summed E-state index contributed by atoms with van der Waals surface area (Å²) >= 11 is 0. The second-order valence-corrected chi connectivity index (χ2v) is 5.43. The largest absolute Gasteiger partial charge is 0.469 e. The fourth-order valence-electron chi connectivity index (χ4n) is 2.64. The third-order valence-electron chi connectivity index (χ3n) is 3.81. The van der Waals surface area contributed by atoms with Gasteiger partial charge in [-0.2, -0.15) is 0 Å². The van der Waals surface area contributed by atoms with Crippen LogP contribution in [0.15, 0.2) is 18.3 Å². The van der Waals surface area contributed by atoms with Gasteiger partial charge in [-0.05, 0) is 37.8 Å². The van der Waals surface area contributed by atoms with Crippen molar-refractivity contribution < 1.29 is 19.1 Å². The fraction of sp³-hybridized carbons (Fsp3) is 0.562. The van der Waals surface area contributed by atoms with E-state index in [-0.39, 0.29) is 30.4 Å². The normalized spacial score (nSPS) is 21.6. The van der Waals surface area contributed by atoms with Crippen LogP contribution in [0.2, 0.25) is 0 Å². The highest BCUT2D eigenvalue weighted by atomic mass is 16.6. The van der Waals surface area contributed by atoms with Crippen molar-refractivity contribution in [3.05, 3.63) is 29.6 Å². The van der Waals surface area contributed by atoms with Crippen molar-refractivity contribution in [3.63, 3.8) is 0 Å². The number of hydrogen-bond donors (Lipinski definition) is 0. The van der Waals surface area contributed by atoms with Crippen molar-refractivity contribution in [1.82, 2.24) is 4.98 Å². The van der Waals surface area contributed by atoms with Gasteiger partial charge in [-0.15, -0.1) is 0 Å². The molecule has 0 unspecified atom stereocenters. The lowest BCUT2D eigenvalue weighted by Gasteiger charge is -2.29. The summed E-state index contributed by atoms with van der Waals surface area (Å²) in [6.45, 7) is 1.89. The van der Waals surface area contributed by atoms with E-state index in [4.69, 9.17) is 9.47 Å². The third kappa shape index (κ3) is 4.28. The maximum Gasteiger partial charge on any atom is 0.312 e. The Morgan fingerprint density at radius 2 is 2.05 bits per heavy atom. The topological polar surface area (TPSA) is 65.5 Å². The van der Waals surface area contributed by atoms with Gasteiger partial charge in [0.25, 0.3) is 0 Å². The number of aryl methyl sites for hydroxylation is 1. The second-order valence-electron chi connectivity index (χ2n) is 5.43. The molecule has 0 bridgehead atoms. The van der Waals surface area contributed by atoms with Gasteiger partial charge in [-0.25, -0.2) is 0 Å². The molecule has 2 rings (SSSR count). The van der Waals surface area contributed by atoms with Gasteiger partial charge in [-0.3, -0.25) is 14.6 Å². The SMILES string of the molecule is COC(=O)[C@@H]1CCCC[C@H]1OC(=O)Cc1ccc(C)nc1. The number of esters is 2. The molecular weight excluding hydrogens is 270 g/mol. The number of carbonyl (C=O) groups excluding carboxylic acids is 2. The molecule has 1 heterocycles. The summed E-state index contributed by atoms with van der Waals surface area (Å²) < 4.78 is 10.3. The zero-order valence-electron chi connectivity index (χ0n) is 12.5. The Kier molecular flexibility index (Phi) is 5.31. The first-order valence-corrected chi connectivity index (χ1v) is 7.29. The number of ether oxygens (including phenoxy) is 2. The average molecular weight is 291 g/mol. The second kappa shape index (κ2) is 7.20. The Labute approximate surface area is 124 Å². The van der Waals surface area contributed by atoms with Crippen molar-refractivity contribution in [3.8, 4) is 0 Å². The van der Waals surface area contributed by atoms with E-state index in [9.17, 15) is 9.59 Å². The Balaban J connectivity index is 1.93. The molecule has 0 aromatic carbocycles. The van der Waals surface area contributed by atoms with Crippen LogP contribution in [0.1, 0.15) is 36.9 Å². The minimum atomic E-state index is -0.364. The van der Waals surface area contributed by atoms with E-state index in [0.29, 0.717) is 0 Å². The maximum atomic E-state index is 12.0. The van der Waals surface area contributed by atoms with Gasteiger partial charge in [0.2, 0.25) is 0 Å². The fourth-order valence-corrected chi connectivity index (χ4v) is 2.64. The minimum Gasteiger partial charge on any atom is -0.469 e. The molecule has 0 aliphatic heterocycles. The predicted molar refractivity (Wildman–Crippen MR) is 76.5 cm³/mol. The Morgan fingerprint density at radius 3 is 2.71 bits per heavy atom. The van der Waals surface area contributed by atoms with Crippen molar-refractivity contribution >= 4 is 11.9 Å². The summed E-state index contributed by atoms with van der Waals surface area (Å²) in [6, 6.07) is 3.72. The predicted octanol–water partition coefficient (Wildman–Crippen LogP) is 2.21. The van der Waals surface area contributed by atoms with Gasteiger partial charge in [0.1, 0.15) is 6.10 Å². The lowest BCUT2D eigenvalue weighted by molar-refractivity contribution is -0.162. The Bertz CT molecular complexity index is 498. The molecule has 1 aromatic rings. The van der Waals surface area contributed by atoms with Crippen LogP contribution in [-0.2, 0) is 25.5 Å². The molecule has 0 N–H and O–H groups in total. The van der Waals surface area contributed by atoms with Crippen molar-refractivity contribution in [2.75, 3.05) is 7.11 Å². The van der Waals surface area contributed by atoms with Gasteiger partial charge in [-0.1, -0.05) is 12.5 Å². The van der Waals surface area contributed by atoms with Crippen LogP contribution >= 0.6 is 0 Å². The molecule has 1 saturated carbocycles. The molecule has 1 aromatic heterocycles. The molecule has 0 spiro atoms. The Hall–Kier alpha value is -1.91. The van der Waals surface area contributed by atoms with Crippen molar-refractivity contribution in [2.24, 2.45) is 5.92 Å². The minimum absolute atomic E-state index is 0.178. The summed E-state index contributed by atoms with van der Waals surface area (Å²) in [5.74, 6) is -0.935. The van der Waals surface area contributed by atoms with Crippen molar-refractivity contribution in [1.29, 1.82) is 0 Å². The van der Waals surface area contributed by atoms with E-state index in [1.807, 2.05) is 19.1 Å². The first-order chi connectivity index (χ1) is 10.1. The monoisotopic (exact) mass is 291 g/mol. The van der Waals surface area contributed by atoms with Gasteiger partial charge >= 0.3 is 11.9 Å². The highest BCUT2D eigenvalue weighted by Crippen LogP contribution is 2.28. The van der Waals surface area contributed by atoms with Crippen LogP contribution in [0.5, 0.6) is 0 Å². The highest BCUT2D eigenvalue weighted by molar-refractivity contribution is 5.75. The first-order valence-electron chi connectivity index (χ1n) is 7.29. The first kappa shape index (κ1) is 15.5. The van der Waals surface area contributed by atoms with Crippen LogP contribution in [0, 0.1) is 12.8 Å². The third-order valence-corrected chi connectivity index (χ3v) is 3.81. The van der Waals surface area contributed by atoms with Crippen LogP contribution in [0.25, 0.3) is 0 Å². The van der Waals surface area contributed by atoms with E-state index in [2.05, 4.69) is 4.98 Å². The Morgan fingerprint density at radius 1 is 1.29 bits per heavy atom. The molecular formula is C16H21NO4. The number of methoxy groups -OCH3 is 1. The quantitative estimate of drug-likeness (QED) is 0.796. The number of rotatable bonds is 4. The molecule has 114 valence electrons. The van der Waals surface area contributed by atoms with Gasteiger partial charge in [0.15, 0.2) is 0 Å². The molecule has 5 nitrogen and oxygen atoms in total. The molecule has 0 amide bonds. The number of nitrogens with zero attached hydrogens (tertiary/aromatic N) is 1. The van der Waals surface area contributed by atoms with Gasteiger partial charge < -0.3 is 9.47 Å². The number of aromatic nitrogens is 1. The maximum absolute atomic E-state index is 12.0. The molecule has 21 heavy (non-hydrogen) atoms. The number of pyridine rings is 1. The lowest BCUT2D eigenvalue weighted by Crippen LogP contribution is -2.36. The zero-order chi connectivity index (χ0) is 15.2. The smallest absolute Gasteiger partial charge is 0.312 e. The highest BCUT2D eigenvalue weighted by Gasteiger charge is 2.34. The van der Waals surface area contributed by atoms with E-state index < -0.39 is 0 Å².